The summed E-state index contributed by atoms with van der Waals surface area (Å²) in [6.07, 6.45) is 2.27. The van der Waals surface area contributed by atoms with Crippen molar-refractivity contribution in [3.8, 4) is 0 Å². The van der Waals surface area contributed by atoms with Crippen LogP contribution < -0.4 is 0 Å². The van der Waals surface area contributed by atoms with Gasteiger partial charge in [0.2, 0.25) is 0 Å². The van der Waals surface area contributed by atoms with Crippen molar-refractivity contribution in [2.45, 2.75) is 53.4 Å². The fraction of sp³-hybridized carbons (Fsp3) is 0.632. The minimum Gasteiger partial charge on any atom is -0.465 e. The van der Waals surface area contributed by atoms with Gasteiger partial charge < -0.3 is 4.74 Å². The van der Waals surface area contributed by atoms with Crippen molar-refractivity contribution in [1.29, 1.82) is 0 Å². The highest BCUT2D eigenvalue weighted by Crippen LogP contribution is 2.49. The summed E-state index contributed by atoms with van der Waals surface area (Å²) in [7, 11) is 1.44. The van der Waals surface area contributed by atoms with Crippen molar-refractivity contribution >= 4 is 5.97 Å². The molecular formula is C19H28O2. The number of aryl methyl sites for hydroxylation is 1. The maximum absolute atomic E-state index is 11.7. The molecule has 0 heterocycles. The molecule has 1 aromatic rings. The maximum Gasteiger partial charge on any atom is 0.337 e. The fourth-order valence-electron chi connectivity index (χ4n) is 3.92. The maximum atomic E-state index is 11.7. The third kappa shape index (κ3) is 3.14. The lowest BCUT2D eigenvalue weighted by Gasteiger charge is -2.44. The summed E-state index contributed by atoms with van der Waals surface area (Å²) in [5.74, 6) is 1.70. The third-order valence-electron chi connectivity index (χ3n) is 4.86. The van der Waals surface area contributed by atoms with Crippen molar-refractivity contribution in [1.82, 2.24) is 0 Å². The van der Waals surface area contributed by atoms with Gasteiger partial charge in [-0.15, -0.1) is 0 Å². The van der Waals surface area contributed by atoms with Gasteiger partial charge in [-0.2, -0.15) is 0 Å². The average molecular weight is 288 g/mol. The highest BCUT2D eigenvalue weighted by atomic mass is 16.5. The topological polar surface area (TPSA) is 26.3 Å². The lowest BCUT2D eigenvalue weighted by atomic mass is 9.61. The molecule has 116 valence electrons. The molecule has 1 aliphatic rings. The number of ether oxygens (including phenoxy) is 1. The van der Waals surface area contributed by atoms with Crippen molar-refractivity contribution in [2.24, 2.45) is 17.3 Å². The van der Waals surface area contributed by atoms with Crippen LogP contribution in [0.2, 0.25) is 0 Å². The van der Waals surface area contributed by atoms with Crippen LogP contribution in [-0.4, -0.2) is 13.1 Å². The van der Waals surface area contributed by atoms with E-state index in [1.54, 1.807) is 0 Å². The molecule has 2 nitrogen and oxygen atoms in total. The molecule has 0 aliphatic heterocycles. The van der Waals surface area contributed by atoms with E-state index in [1.807, 2.05) is 12.1 Å². The molecule has 2 atom stereocenters. The molecule has 1 aromatic carbocycles. The predicted octanol–water partition coefficient (Wildman–Crippen LogP) is 4.82. The third-order valence-corrected chi connectivity index (χ3v) is 4.86. The molecule has 0 fully saturated rings. The Balaban J connectivity index is 2.47. The van der Waals surface area contributed by atoms with Gasteiger partial charge in [-0.1, -0.05) is 40.7 Å². The van der Waals surface area contributed by atoms with Gasteiger partial charge >= 0.3 is 5.97 Å². The van der Waals surface area contributed by atoms with E-state index in [2.05, 4.69) is 40.7 Å². The highest BCUT2D eigenvalue weighted by molar-refractivity contribution is 5.89. The van der Waals surface area contributed by atoms with E-state index in [1.165, 1.54) is 24.7 Å². The summed E-state index contributed by atoms with van der Waals surface area (Å²) in [6.45, 7) is 11.7. The van der Waals surface area contributed by atoms with E-state index in [0.29, 0.717) is 23.3 Å². The zero-order chi connectivity index (χ0) is 15.8. The summed E-state index contributed by atoms with van der Waals surface area (Å²) in [5.41, 5.74) is 3.67. The molecule has 0 aromatic heterocycles. The first-order chi connectivity index (χ1) is 9.75. The van der Waals surface area contributed by atoms with E-state index in [0.717, 1.165) is 6.42 Å². The number of carbonyl (C=O) groups is 1. The standard InChI is InChI=1S/C19H28O2/c1-12(2)15-9-7-13-11-14(18(20)21-6)8-10-16(13)17(15)19(3,4)5/h8,10-12,15,17H,7,9H2,1-6H3. The Morgan fingerprint density at radius 2 is 1.95 bits per heavy atom. The normalized spacial score (nSPS) is 22.0. The van der Waals surface area contributed by atoms with Gasteiger partial charge in [0.1, 0.15) is 0 Å². The lowest BCUT2D eigenvalue weighted by Crippen LogP contribution is -2.33. The molecule has 1 aliphatic carbocycles. The Morgan fingerprint density at radius 1 is 1.29 bits per heavy atom. The van der Waals surface area contributed by atoms with Gasteiger partial charge in [-0.25, -0.2) is 4.79 Å². The second-order valence-corrected chi connectivity index (χ2v) is 7.70. The molecule has 2 heteroatoms. The van der Waals surface area contributed by atoms with Gasteiger partial charge in [0.05, 0.1) is 12.7 Å². The average Bonchev–Trinajstić information content (AvgIpc) is 2.43. The summed E-state index contributed by atoms with van der Waals surface area (Å²) in [6, 6.07) is 6.12. The summed E-state index contributed by atoms with van der Waals surface area (Å²) >= 11 is 0. The molecule has 0 spiro atoms. The van der Waals surface area contributed by atoms with Crippen LogP contribution in [0.25, 0.3) is 0 Å². The molecule has 0 radical (unpaired) electrons. The molecular weight excluding hydrogens is 260 g/mol. The molecule has 0 amide bonds. The zero-order valence-corrected chi connectivity index (χ0v) is 14.2. The van der Waals surface area contributed by atoms with Gasteiger partial charge in [0.15, 0.2) is 0 Å². The van der Waals surface area contributed by atoms with Crippen molar-refractivity contribution < 1.29 is 9.53 Å². The summed E-state index contributed by atoms with van der Waals surface area (Å²) in [4.78, 5) is 11.7. The molecule has 2 unspecified atom stereocenters. The number of hydrogen-bond acceptors (Lipinski definition) is 2. The van der Waals surface area contributed by atoms with Crippen molar-refractivity contribution in [3.05, 3.63) is 34.9 Å². The smallest absolute Gasteiger partial charge is 0.337 e. The van der Waals surface area contributed by atoms with E-state index in [4.69, 9.17) is 4.74 Å². The first kappa shape index (κ1) is 16.1. The molecule has 0 saturated heterocycles. The van der Waals surface area contributed by atoms with Crippen LogP contribution in [0.4, 0.5) is 0 Å². The van der Waals surface area contributed by atoms with Gasteiger partial charge in [0, 0.05) is 0 Å². The van der Waals surface area contributed by atoms with Crippen molar-refractivity contribution in [3.63, 3.8) is 0 Å². The SMILES string of the molecule is COC(=O)c1ccc2c(c1)CCC(C(C)C)C2C(C)(C)C. The second-order valence-electron chi connectivity index (χ2n) is 7.70. The van der Waals surface area contributed by atoms with Crippen molar-refractivity contribution in [2.75, 3.05) is 7.11 Å². The second kappa shape index (κ2) is 5.82. The van der Waals surface area contributed by atoms with Gasteiger partial charge in [0.25, 0.3) is 0 Å². The zero-order valence-electron chi connectivity index (χ0n) is 14.2. The van der Waals surface area contributed by atoms with Crippen LogP contribution in [0.5, 0.6) is 0 Å². The molecule has 21 heavy (non-hydrogen) atoms. The number of rotatable bonds is 2. The molecule has 0 N–H and O–H groups in total. The van der Waals surface area contributed by atoms with Gasteiger partial charge in [-0.3, -0.25) is 0 Å². The number of benzene rings is 1. The molecule has 2 rings (SSSR count). The first-order valence-corrected chi connectivity index (χ1v) is 7.97. The van der Waals surface area contributed by atoms with Crippen LogP contribution in [0.3, 0.4) is 0 Å². The van der Waals surface area contributed by atoms with Crippen LogP contribution in [0.1, 0.15) is 68.4 Å². The van der Waals surface area contributed by atoms with Crippen LogP contribution in [0.15, 0.2) is 18.2 Å². The highest BCUT2D eigenvalue weighted by Gasteiger charge is 2.38. The Hall–Kier alpha value is -1.31. The summed E-state index contributed by atoms with van der Waals surface area (Å²) in [5, 5.41) is 0. The molecule has 0 bridgehead atoms. The quantitative estimate of drug-likeness (QED) is 0.729. The number of fused-ring (bicyclic) bond motifs is 1. The van der Waals surface area contributed by atoms with E-state index < -0.39 is 0 Å². The molecule has 0 saturated carbocycles. The van der Waals surface area contributed by atoms with Gasteiger partial charge in [-0.05, 0) is 59.3 Å². The van der Waals surface area contributed by atoms with E-state index in [-0.39, 0.29) is 11.4 Å². The Kier molecular flexibility index (Phi) is 4.46. The Bertz CT molecular complexity index is 523. The Morgan fingerprint density at radius 3 is 2.48 bits per heavy atom. The van der Waals surface area contributed by atoms with Crippen LogP contribution in [0, 0.1) is 17.3 Å². The van der Waals surface area contributed by atoms with Crippen LogP contribution >= 0.6 is 0 Å². The van der Waals surface area contributed by atoms with E-state index >= 15 is 0 Å². The fourth-order valence-corrected chi connectivity index (χ4v) is 3.92. The largest absolute Gasteiger partial charge is 0.465 e. The lowest BCUT2D eigenvalue weighted by molar-refractivity contribution is 0.0600. The van der Waals surface area contributed by atoms with Crippen LogP contribution in [-0.2, 0) is 11.2 Å². The minimum absolute atomic E-state index is 0.233. The number of methoxy groups -OCH3 is 1. The number of hydrogen-bond donors (Lipinski definition) is 0. The number of esters is 1. The minimum atomic E-state index is -0.240. The number of carbonyl (C=O) groups excluding carboxylic acids is 1. The predicted molar refractivity (Wildman–Crippen MR) is 86.6 cm³/mol. The Labute approximate surface area is 128 Å². The monoisotopic (exact) mass is 288 g/mol. The summed E-state index contributed by atoms with van der Waals surface area (Å²) < 4.78 is 4.84. The first-order valence-electron chi connectivity index (χ1n) is 7.97. The van der Waals surface area contributed by atoms with E-state index in [9.17, 15) is 4.79 Å².